The van der Waals surface area contributed by atoms with Gasteiger partial charge in [0.05, 0.1) is 22.2 Å². The lowest BCUT2D eigenvalue weighted by Gasteiger charge is -2.11. The second-order valence-corrected chi connectivity index (χ2v) is 10.4. The molecule has 10 heteroatoms. The molecule has 1 saturated carbocycles. The summed E-state index contributed by atoms with van der Waals surface area (Å²) in [6.45, 7) is 2.16. The molecule has 7 nitrogen and oxygen atoms in total. The minimum atomic E-state index is -1.20. The van der Waals surface area contributed by atoms with Crippen molar-refractivity contribution >= 4 is 46.2 Å². The van der Waals surface area contributed by atoms with Gasteiger partial charge in [0.25, 0.3) is 0 Å². The van der Waals surface area contributed by atoms with E-state index in [1.54, 1.807) is 25.4 Å². The predicted octanol–water partition coefficient (Wildman–Crippen LogP) is 8.27. The summed E-state index contributed by atoms with van der Waals surface area (Å²) in [6.07, 6.45) is 12.8. The van der Waals surface area contributed by atoms with Crippen LogP contribution in [-0.4, -0.2) is 32.8 Å². The van der Waals surface area contributed by atoms with Gasteiger partial charge in [-0.1, -0.05) is 40.5 Å². The molecule has 5 rings (SSSR count). The molecule has 3 heterocycles. The van der Waals surface area contributed by atoms with E-state index in [2.05, 4.69) is 21.2 Å². The van der Waals surface area contributed by atoms with E-state index in [0.29, 0.717) is 50.7 Å². The number of hydrogen-bond acceptors (Lipinski definition) is 6. The van der Waals surface area contributed by atoms with Crippen molar-refractivity contribution in [2.24, 2.45) is 0 Å². The van der Waals surface area contributed by atoms with E-state index in [1.807, 2.05) is 6.08 Å². The molecule has 202 valence electrons. The first-order chi connectivity index (χ1) is 18.8. The average Bonchev–Trinajstić information content (AvgIpc) is 3.66. The summed E-state index contributed by atoms with van der Waals surface area (Å²) < 4.78 is 26.1. The molecule has 1 aliphatic carbocycles. The minimum absolute atomic E-state index is 0.105. The molecule has 0 spiro atoms. The predicted molar refractivity (Wildman–Crippen MR) is 148 cm³/mol. The zero-order chi connectivity index (χ0) is 27.5. The van der Waals surface area contributed by atoms with Crippen molar-refractivity contribution in [3.05, 3.63) is 75.1 Å². The first-order valence-electron chi connectivity index (χ1n) is 12.8. The third kappa shape index (κ3) is 6.07. The van der Waals surface area contributed by atoms with Gasteiger partial charge < -0.3 is 14.4 Å². The minimum Gasteiger partial charge on any atom is -0.493 e. The summed E-state index contributed by atoms with van der Waals surface area (Å²) in [4.78, 5) is 19.6. The number of hydrogen-bond donors (Lipinski definition) is 1. The van der Waals surface area contributed by atoms with Crippen LogP contribution in [0.15, 0.2) is 41.2 Å². The maximum Gasteiger partial charge on any atom is 0.335 e. The number of rotatable bonds is 11. The van der Waals surface area contributed by atoms with Crippen LogP contribution in [0.25, 0.3) is 28.2 Å². The first-order valence-corrected chi connectivity index (χ1v) is 13.5. The van der Waals surface area contributed by atoms with E-state index in [4.69, 9.17) is 32.5 Å². The molecule has 0 aliphatic heterocycles. The zero-order valence-corrected chi connectivity index (χ0v) is 22.7. The summed E-state index contributed by atoms with van der Waals surface area (Å²) in [6, 6.07) is 4.07. The van der Waals surface area contributed by atoms with E-state index in [9.17, 15) is 14.3 Å². The molecule has 0 saturated heterocycles. The van der Waals surface area contributed by atoms with Gasteiger partial charge in [0, 0.05) is 46.6 Å². The number of nitrogens with zero attached hydrogens (tertiary/aromatic N) is 3. The van der Waals surface area contributed by atoms with Gasteiger partial charge in [-0.25, -0.2) is 14.2 Å². The van der Waals surface area contributed by atoms with E-state index in [-0.39, 0.29) is 11.1 Å². The molecule has 1 aromatic carbocycles. The van der Waals surface area contributed by atoms with Crippen molar-refractivity contribution in [1.29, 1.82) is 0 Å². The highest BCUT2D eigenvalue weighted by Crippen LogP contribution is 2.46. The Morgan fingerprint density at radius 3 is 2.67 bits per heavy atom. The Morgan fingerprint density at radius 1 is 1.18 bits per heavy atom. The van der Waals surface area contributed by atoms with Gasteiger partial charge in [-0.05, 0) is 57.6 Å². The van der Waals surface area contributed by atoms with Crippen LogP contribution in [0.5, 0.6) is 5.75 Å². The number of carboxylic acids is 1. The van der Waals surface area contributed by atoms with Gasteiger partial charge in [-0.3, -0.25) is 4.98 Å². The highest BCUT2D eigenvalue weighted by atomic mass is 35.5. The Kier molecular flexibility index (Phi) is 8.14. The quantitative estimate of drug-likeness (QED) is 0.181. The van der Waals surface area contributed by atoms with Gasteiger partial charge in [0.15, 0.2) is 0 Å². The molecule has 0 radical (unpaired) electrons. The summed E-state index contributed by atoms with van der Waals surface area (Å²) >= 11 is 12.7. The third-order valence-electron chi connectivity index (χ3n) is 6.56. The summed E-state index contributed by atoms with van der Waals surface area (Å²) in [5.41, 5.74) is 2.71. The van der Waals surface area contributed by atoms with Crippen LogP contribution in [0.1, 0.15) is 71.8 Å². The maximum absolute atomic E-state index is 14.5. The fraction of sp³-hybridized carbons (Fsp3) is 0.310. The number of aryl methyl sites for hydroxylation is 1. The molecule has 0 bridgehead atoms. The number of pyridine rings is 2. The summed E-state index contributed by atoms with van der Waals surface area (Å²) in [5.74, 6) is -0.221. The fourth-order valence-corrected chi connectivity index (χ4v) is 5.02. The lowest BCUT2D eigenvalue weighted by atomic mass is 10.0. The van der Waals surface area contributed by atoms with E-state index in [0.717, 1.165) is 55.9 Å². The largest absolute Gasteiger partial charge is 0.493 e. The van der Waals surface area contributed by atoms with Gasteiger partial charge >= 0.3 is 5.97 Å². The second-order valence-electron chi connectivity index (χ2n) is 9.58. The van der Waals surface area contributed by atoms with Gasteiger partial charge in [0.1, 0.15) is 28.5 Å². The van der Waals surface area contributed by atoms with Crippen molar-refractivity contribution in [3.8, 4) is 17.0 Å². The Hall–Kier alpha value is -3.49. The van der Waals surface area contributed by atoms with Crippen molar-refractivity contribution in [3.63, 3.8) is 0 Å². The molecule has 1 N–H and O–H groups in total. The molecule has 1 fully saturated rings. The molecule has 0 unspecified atom stereocenters. The number of unbranched alkanes of at least 4 members (excludes halogenated alkanes) is 3. The van der Waals surface area contributed by atoms with Gasteiger partial charge in [-0.15, -0.1) is 0 Å². The lowest BCUT2D eigenvalue weighted by molar-refractivity contribution is 0.0696. The number of carboxylic acid groups (broad SMARTS) is 1. The number of aromatic carboxylic acids is 1. The normalized spacial score (nSPS) is 13.4. The molecular weight excluding hydrogens is 544 g/mol. The topological polar surface area (TPSA) is 98.3 Å². The van der Waals surface area contributed by atoms with Crippen LogP contribution < -0.4 is 4.74 Å². The number of fused-ring (bicyclic) bond motifs is 1. The van der Waals surface area contributed by atoms with Crippen molar-refractivity contribution in [2.75, 3.05) is 6.61 Å². The maximum atomic E-state index is 14.5. The molecule has 4 aromatic rings. The smallest absolute Gasteiger partial charge is 0.335 e. The van der Waals surface area contributed by atoms with Crippen LogP contribution in [0.3, 0.4) is 0 Å². The Balaban J connectivity index is 1.18. The molecule has 3 aromatic heterocycles. The Labute approximate surface area is 234 Å². The van der Waals surface area contributed by atoms with Crippen LogP contribution in [0, 0.1) is 12.7 Å². The fourth-order valence-electron chi connectivity index (χ4n) is 4.47. The molecular formula is C29H26Cl2FN3O4. The third-order valence-corrected chi connectivity index (χ3v) is 7.13. The standard InChI is InChI=1S/C29H26Cl2FN3O4/c1-16-11-24(20-12-18(29(36)37)13-23(32)26(20)34-16)38-10-6-4-2-3-5-7-19-27(35-39-28(19)17-8-9-17)25-21(30)14-33-15-22(25)31/h5,7,11-15,17H,2-4,6,8-10H2,1H3,(H,36,37)/b7-5+. The SMILES string of the molecule is Cc1cc(OCCCCC/C=C/c2c(-c3c(Cl)cncc3Cl)noc2C2CC2)c2cc(C(=O)O)cc(F)c2n1. The number of benzene rings is 1. The number of allylic oxidation sites excluding steroid dienone is 1. The van der Waals surface area contributed by atoms with E-state index in [1.165, 1.54) is 6.07 Å². The van der Waals surface area contributed by atoms with Crippen LogP contribution in [-0.2, 0) is 0 Å². The second kappa shape index (κ2) is 11.7. The molecule has 1 aliphatic rings. The lowest BCUT2D eigenvalue weighted by Crippen LogP contribution is -2.03. The molecule has 0 atom stereocenters. The van der Waals surface area contributed by atoms with Crippen molar-refractivity contribution < 1.29 is 23.6 Å². The monoisotopic (exact) mass is 569 g/mol. The number of ether oxygens (including phenoxy) is 1. The van der Waals surface area contributed by atoms with E-state index >= 15 is 0 Å². The molecule has 0 amide bonds. The molecule has 39 heavy (non-hydrogen) atoms. The van der Waals surface area contributed by atoms with Crippen LogP contribution in [0.2, 0.25) is 10.0 Å². The van der Waals surface area contributed by atoms with Crippen molar-refractivity contribution in [2.45, 2.75) is 51.4 Å². The Bertz CT molecular complexity index is 1550. The first kappa shape index (κ1) is 27.1. The highest BCUT2D eigenvalue weighted by molar-refractivity contribution is 6.39. The number of carbonyl (C=O) groups is 1. The van der Waals surface area contributed by atoms with E-state index < -0.39 is 11.8 Å². The Morgan fingerprint density at radius 2 is 1.95 bits per heavy atom. The summed E-state index contributed by atoms with van der Waals surface area (Å²) in [5, 5.41) is 14.8. The highest BCUT2D eigenvalue weighted by Gasteiger charge is 2.32. The average molecular weight is 570 g/mol. The van der Waals surface area contributed by atoms with Crippen LogP contribution in [0.4, 0.5) is 4.39 Å². The number of halogens is 3. The van der Waals surface area contributed by atoms with Gasteiger partial charge in [0.2, 0.25) is 0 Å². The zero-order valence-electron chi connectivity index (χ0n) is 21.2. The van der Waals surface area contributed by atoms with Gasteiger partial charge in [-0.2, -0.15) is 0 Å². The van der Waals surface area contributed by atoms with Crippen LogP contribution >= 0.6 is 23.2 Å². The number of aromatic nitrogens is 3. The summed E-state index contributed by atoms with van der Waals surface area (Å²) in [7, 11) is 0. The van der Waals surface area contributed by atoms with Crippen molar-refractivity contribution in [1.82, 2.24) is 15.1 Å².